The number of rotatable bonds is 12. The van der Waals surface area contributed by atoms with Crippen LogP contribution in [0.15, 0.2) is 24.3 Å². The second-order valence-electron chi connectivity index (χ2n) is 5.25. The molecule has 20 heavy (non-hydrogen) atoms. The number of aliphatic hydroxyl groups excluding tert-OH is 1. The number of hydrogen-bond acceptors (Lipinski definition) is 3. The summed E-state index contributed by atoms with van der Waals surface area (Å²) in [7, 11) is 0. The molecule has 0 spiro atoms. The summed E-state index contributed by atoms with van der Waals surface area (Å²) in [6.07, 6.45) is 9.61. The lowest BCUT2D eigenvalue weighted by Crippen LogP contribution is -1.99. The molecule has 3 heteroatoms. The maximum atomic E-state index is 8.67. The number of benzene rings is 1. The first-order valence-corrected chi connectivity index (χ1v) is 7.89. The number of aliphatic hydroxyl groups is 1. The second-order valence-corrected chi connectivity index (χ2v) is 5.25. The molecular formula is C17H29NO2. The van der Waals surface area contributed by atoms with Crippen molar-refractivity contribution in [1.82, 2.24) is 0 Å². The van der Waals surface area contributed by atoms with Gasteiger partial charge in [-0.3, -0.25) is 0 Å². The van der Waals surface area contributed by atoms with Crippen LogP contribution in [0.4, 0.5) is 0 Å². The Balaban J connectivity index is 1.91. The predicted octanol–water partition coefficient (Wildman–Crippen LogP) is 3.64. The molecule has 0 atom stereocenters. The van der Waals surface area contributed by atoms with Crippen molar-refractivity contribution in [3.8, 4) is 5.75 Å². The molecule has 0 aromatic heterocycles. The van der Waals surface area contributed by atoms with Gasteiger partial charge in [-0.25, -0.2) is 0 Å². The lowest BCUT2D eigenvalue weighted by atomic mass is 10.1. The van der Waals surface area contributed by atoms with Gasteiger partial charge in [0.05, 0.1) is 6.61 Å². The Bertz CT molecular complexity index is 324. The molecule has 1 aromatic carbocycles. The highest BCUT2D eigenvalue weighted by molar-refractivity contribution is 5.26. The average molecular weight is 279 g/mol. The molecule has 0 saturated carbocycles. The van der Waals surface area contributed by atoms with E-state index < -0.39 is 0 Å². The average Bonchev–Trinajstić information content (AvgIpc) is 2.50. The van der Waals surface area contributed by atoms with Crippen LogP contribution in [0.2, 0.25) is 0 Å². The van der Waals surface area contributed by atoms with Crippen LogP contribution in [0.25, 0.3) is 0 Å². The third-order valence-corrected chi connectivity index (χ3v) is 3.48. The largest absolute Gasteiger partial charge is 0.494 e. The van der Waals surface area contributed by atoms with Gasteiger partial charge in [0.1, 0.15) is 5.75 Å². The van der Waals surface area contributed by atoms with Gasteiger partial charge >= 0.3 is 0 Å². The lowest BCUT2D eigenvalue weighted by molar-refractivity contribution is 0.282. The fourth-order valence-electron chi connectivity index (χ4n) is 2.19. The van der Waals surface area contributed by atoms with Gasteiger partial charge in [0.15, 0.2) is 0 Å². The molecule has 3 N–H and O–H groups in total. The smallest absolute Gasteiger partial charge is 0.119 e. The number of nitrogens with two attached hydrogens (primary N) is 1. The zero-order chi connectivity index (χ0) is 14.5. The number of hydrogen-bond donors (Lipinski definition) is 2. The maximum Gasteiger partial charge on any atom is 0.119 e. The minimum Gasteiger partial charge on any atom is -0.494 e. The van der Waals surface area contributed by atoms with E-state index in [-0.39, 0.29) is 0 Å². The summed E-state index contributed by atoms with van der Waals surface area (Å²) in [4.78, 5) is 0. The lowest BCUT2D eigenvalue weighted by Gasteiger charge is -2.07. The van der Waals surface area contributed by atoms with E-state index in [1.165, 1.54) is 38.5 Å². The standard InChI is InChI=1S/C17H29NO2/c18-15-16-9-11-17(12-10-16)20-14-8-6-4-2-1-3-5-7-13-19/h9-12,19H,1-8,13-15,18H2. The SMILES string of the molecule is NCc1ccc(OCCCCCCCCCCO)cc1. The van der Waals surface area contributed by atoms with Gasteiger partial charge in [0.2, 0.25) is 0 Å². The number of ether oxygens (including phenoxy) is 1. The molecule has 0 heterocycles. The molecule has 0 amide bonds. The van der Waals surface area contributed by atoms with Gasteiger partial charge in [0, 0.05) is 13.2 Å². The Morgan fingerprint density at radius 1 is 0.800 bits per heavy atom. The minimum atomic E-state index is 0.337. The van der Waals surface area contributed by atoms with Gasteiger partial charge in [-0.2, -0.15) is 0 Å². The first kappa shape index (κ1) is 17.0. The van der Waals surface area contributed by atoms with Crippen molar-refractivity contribution in [3.63, 3.8) is 0 Å². The molecule has 0 radical (unpaired) electrons. The Hall–Kier alpha value is -1.06. The Labute approximate surface area is 123 Å². The first-order valence-electron chi connectivity index (χ1n) is 7.89. The minimum absolute atomic E-state index is 0.337. The summed E-state index contributed by atoms with van der Waals surface area (Å²) in [5, 5.41) is 8.67. The first-order chi connectivity index (χ1) is 9.86. The highest BCUT2D eigenvalue weighted by Crippen LogP contribution is 2.13. The van der Waals surface area contributed by atoms with Crippen molar-refractivity contribution < 1.29 is 9.84 Å². The zero-order valence-electron chi connectivity index (χ0n) is 12.5. The van der Waals surface area contributed by atoms with E-state index in [9.17, 15) is 0 Å². The van der Waals surface area contributed by atoms with Crippen molar-refractivity contribution in [2.75, 3.05) is 13.2 Å². The Morgan fingerprint density at radius 3 is 1.90 bits per heavy atom. The van der Waals surface area contributed by atoms with Crippen LogP contribution < -0.4 is 10.5 Å². The fourth-order valence-corrected chi connectivity index (χ4v) is 2.19. The fraction of sp³-hybridized carbons (Fsp3) is 0.647. The number of unbranched alkanes of at least 4 members (excludes halogenated alkanes) is 7. The molecular weight excluding hydrogens is 250 g/mol. The van der Waals surface area contributed by atoms with E-state index in [0.717, 1.165) is 30.8 Å². The maximum absolute atomic E-state index is 8.67. The van der Waals surface area contributed by atoms with Crippen LogP contribution >= 0.6 is 0 Å². The molecule has 0 unspecified atom stereocenters. The molecule has 0 aliphatic rings. The summed E-state index contributed by atoms with van der Waals surface area (Å²) in [5.41, 5.74) is 6.69. The third kappa shape index (κ3) is 8.18. The van der Waals surface area contributed by atoms with E-state index in [0.29, 0.717) is 13.2 Å². The van der Waals surface area contributed by atoms with Crippen molar-refractivity contribution in [2.45, 2.75) is 57.9 Å². The van der Waals surface area contributed by atoms with Crippen molar-refractivity contribution >= 4 is 0 Å². The Morgan fingerprint density at radius 2 is 1.35 bits per heavy atom. The van der Waals surface area contributed by atoms with Crippen LogP contribution in [0, 0.1) is 0 Å². The second kappa shape index (κ2) is 11.7. The van der Waals surface area contributed by atoms with Crippen molar-refractivity contribution in [3.05, 3.63) is 29.8 Å². The topological polar surface area (TPSA) is 55.5 Å². The van der Waals surface area contributed by atoms with Crippen LogP contribution in [0.3, 0.4) is 0 Å². The molecule has 0 saturated heterocycles. The molecule has 0 aliphatic carbocycles. The quantitative estimate of drug-likeness (QED) is 0.574. The summed E-state index contributed by atoms with van der Waals surface area (Å²) >= 11 is 0. The molecule has 0 aliphatic heterocycles. The van der Waals surface area contributed by atoms with Crippen LogP contribution in [0.1, 0.15) is 56.9 Å². The van der Waals surface area contributed by atoms with Gasteiger partial charge in [0.25, 0.3) is 0 Å². The van der Waals surface area contributed by atoms with Gasteiger partial charge in [-0.15, -0.1) is 0 Å². The molecule has 0 fully saturated rings. The van der Waals surface area contributed by atoms with E-state index in [1.807, 2.05) is 24.3 Å². The molecule has 114 valence electrons. The summed E-state index contributed by atoms with van der Waals surface area (Å²) in [6.45, 7) is 1.72. The highest BCUT2D eigenvalue weighted by atomic mass is 16.5. The normalized spacial score (nSPS) is 10.7. The van der Waals surface area contributed by atoms with Crippen LogP contribution in [-0.4, -0.2) is 18.3 Å². The summed E-state index contributed by atoms with van der Waals surface area (Å²) in [5.74, 6) is 0.936. The Kier molecular flexibility index (Phi) is 9.98. The predicted molar refractivity (Wildman–Crippen MR) is 83.9 cm³/mol. The molecule has 0 bridgehead atoms. The van der Waals surface area contributed by atoms with E-state index in [4.69, 9.17) is 15.6 Å². The third-order valence-electron chi connectivity index (χ3n) is 3.48. The highest BCUT2D eigenvalue weighted by Gasteiger charge is 1.95. The monoisotopic (exact) mass is 279 g/mol. The molecule has 3 nitrogen and oxygen atoms in total. The van der Waals surface area contributed by atoms with Gasteiger partial charge in [-0.1, -0.05) is 50.7 Å². The van der Waals surface area contributed by atoms with Crippen molar-refractivity contribution in [2.24, 2.45) is 5.73 Å². The van der Waals surface area contributed by atoms with E-state index >= 15 is 0 Å². The molecule has 1 rings (SSSR count). The van der Waals surface area contributed by atoms with Gasteiger partial charge < -0.3 is 15.6 Å². The zero-order valence-corrected chi connectivity index (χ0v) is 12.5. The van der Waals surface area contributed by atoms with Gasteiger partial charge in [-0.05, 0) is 30.5 Å². The van der Waals surface area contributed by atoms with Crippen molar-refractivity contribution in [1.29, 1.82) is 0 Å². The molecule has 1 aromatic rings. The van der Waals surface area contributed by atoms with Crippen LogP contribution in [0.5, 0.6) is 5.75 Å². The van der Waals surface area contributed by atoms with Crippen LogP contribution in [-0.2, 0) is 6.54 Å². The van der Waals surface area contributed by atoms with E-state index in [1.54, 1.807) is 0 Å². The summed E-state index contributed by atoms with van der Waals surface area (Å²) in [6, 6.07) is 8.01. The van der Waals surface area contributed by atoms with E-state index in [2.05, 4.69) is 0 Å². The summed E-state index contributed by atoms with van der Waals surface area (Å²) < 4.78 is 5.70.